The van der Waals surface area contributed by atoms with Crippen LogP contribution in [-0.4, -0.2) is 62.5 Å². The van der Waals surface area contributed by atoms with Gasteiger partial charge in [0.25, 0.3) is 0 Å². The molecule has 0 saturated carbocycles. The van der Waals surface area contributed by atoms with Crippen molar-refractivity contribution in [2.75, 3.05) is 11.9 Å². The monoisotopic (exact) mass is 515 g/mol. The van der Waals surface area contributed by atoms with Crippen molar-refractivity contribution in [2.45, 2.75) is 77.8 Å². The molecule has 0 aromatic carbocycles. The predicted molar refractivity (Wildman–Crippen MR) is 130 cm³/mol. The zero-order valence-electron chi connectivity index (χ0n) is 21.6. The number of rotatable bonds is 10. The minimum Gasteiger partial charge on any atom is -0.463 e. The van der Waals surface area contributed by atoms with Crippen LogP contribution in [0.15, 0.2) is 18.5 Å². The largest absolute Gasteiger partial charge is 0.463 e. The third-order valence-corrected chi connectivity index (χ3v) is 6.48. The zero-order valence-corrected chi connectivity index (χ0v) is 21.6. The van der Waals surface area contributed by atoms with E-state index in [2.05, 4.69) is 15.4 Å². The van der Waals surface area contributed by atoms with Crippen LogP contribution in [-0.2, 0) is 34.2 Å². The average molecular weight is 516 g/mol. The van der Waals surface area contributed by atoms with E-state index < -0.39 is 41.8 Å². The van der Waals surface area contributed by atoms with E-state index in [4.69, 9.17) is 14.2 Å². The van der Waals surface area contributed by atoms with Gasteiger partial charge in [0, 0.05) is 12.8 Å². The minimum absolute atomic E-state index is 0.0295. The number of nitrogens with one attached hydrogen (secondary N) is 1. The summed E-state index contributed by atoms with van der Waals surface area (Å²) in [5.74, 6) is -1.46. The Bertz CT molecular complexity index is 1190. The van der Waals surface area contributed by atoms with Gasteiger partial charge in [-0.15, -0.1) is 0 Å². The van der Waals surface area contributed by atoms with Gasteiger partial charge in [-0.1, -0.05) is 34.6 Å². The summed E-state index contributed by atoms with van der Waals surface area (Å²) in [7, 11) is 0. The Balaban J connectivity index is 1.98. The summed E-state index contributed by atoms with van der Waals surface area (Å²) in [5.41, 5.74) is -1.52. The molecule has 0 radical (unpaired) electrons. The highest BCUT2D eigenvalue weighted by Crippen LogP contribution is 2.42. The molecule has 1 amide bonds. The van der Waals surface area contributed by atoms with E-state index in [1.807, 2.05) is 26.8 Å². The van der Waals surface area contributed by atoms with Gasteiger partial charge in [0.2, 0.25) is 11.5 Å². The van der Waals surface area contributed by atoms with E-state index in [0.717, 1.165) is 0 Å². The molecule has 2 aromatic rings. The Labute approximate surface area is 214 Å². The fourth-order valence-corrected chi connectivity index (χ4v) is 3.98. The number of nitrogens with zero attached hydrogens (tertiary/aromatic N) is 4. The van der Waals surface area contributed by atoms with Crippen molar-refractivity contribution in [1.29, 1.82) is 5.26 Å². The maximum Gasteiger partial charge on any atom is 0.309 e. The summed E-state index contributed by atoms with van der Waals surface area (Å²) in [6, 6.07) is 5.10. The van der Waals surface area contributed by atoms with Crippen molar-refractivity contribution in [3.8, 4) is 6.07 Å². The third-order valence-electron chi connectivity index (χ3n) is 6.48. The summed E-state index contributed by atoms with van der Waals surface area (Å²) < 4.78 is 18.2. The van der Waals surface area contributed by atoms with Gasteiger partial charge in [0.15, 0.2) is 11.9 Å². The molecule has 1 saturated heterocycles. The van der Waals surface area contributed by atoms with Crippen LogP contribution in [0.2, 0.25) is 0 Å². The summed E-state index contributed by atoms with van der Waals surface area (Å²) in [4.78, 5) is 40.8. The van der Waals surface area contributed by atoms with Gasteiger partial charge in [0.1, 0.15) is 36.7 Å². The highest BCUT2D eigenvalue weighted by atomic mass is 16.6. The number of esters is 2. The van der Waals surface area contributed by atoms with Crippen molar-refractivity contribution in [3.05, 3.63) is 24.2 Å². The van der Waals surface area contributed by atoms with Gasteiger partial charge in [-0.05, 0) is 24.5 Å². The van der Waals surface area contributed by atoms with Gasteiger partial charge < -0.3 is 24.6 Å². The van der Waals surface area contributed by atoms with E-state index in [9.17, 15) is 24.8 Å². The van der Waals surface area contributed by atoms with E-state index >= 15 is 0 Å². The number of hydrogen-bond donors (Lipinski definition) is 2. The van der Waals surface area contributed by atoms with Crippen molar-refractivity contribution >= 4 is 29.2 Å². The van der Waals surface area contributed by atoms with Crippen LogP contribution in [0, 0.1) is 23.2 Å². The molecule has 0 aliphatic carbocycles. The molecule has 0 bridgehead atoms. The van der Waals surface area contributed by atoms with E-state index in [1.165, 1.54) is 16.9 Å². The number of anilines is 1. The van der Waals surface area contributed by atoms with Crippen molar-refractivity contribution < 1.29 is 33.7 Å². The van der Waals surface area contributed by atoms with E-state index in [0.29, 0.717) is 18.4 Å². The van der Waals surface area contributed by atoms with E-state index in [-0.39, 0.29) is 36.4 Å². The molecule has 1 aliphatic rings. The van der Waals surface area contributed by atoms with Gasteiger partial charge in [0.05, 0.1) is 11.6 Å². The predicted octanol–water partition coefficient (Wildman–Crippen LogP) is 2.10. The number of aliphatic hydroxyl groups excluding tert-OH is 1. The normalized spacial score (nSPS) is 24.0. The molecule has 200 valence electrons. The second-order valence-corrected chi connectivity index (χ2v) is 9.34. The highest BCUT2D eigenvalue weighted by molar-refractivity contribution is 5.93. The molecule has 3 rings (SSSR count). The highest BCUT2D eigenvalue weighted by Gasteiger charge is 2.60. The van der Waals surface area contributed by atoms with Crippen molar-refractivity contribution in [1.82, 2.24) is 14.6 Å². The Hall–Kier alpha value is -3.56. The van der Waals surface area contributed by atoms with Gasteiger partial charge >= 0.3 is 11.9 Å². The van der Waals surface area contributed by atoms with Crippen LogP contribution in [0.3, 0.4) is 0 Å². The molecule has 1 fully saturated rings. The topological polar surface area (TPSA) is 165 Å². The number of aromatic nitrogens is 3. The molecule has 12 heteroatoms. The standard InChI is InChI=1S/C25H33N5O7/c1-6-8-19(31)29-23-16-9-10-18(30(16)28-13-27-23)25(12-26)22(33)21(36-20(32)7-2)17(37-25)11-35-24(34)15(5)14(3)4/h9-10,13-15,17,21-22,33H,6-8,11H2,1-5H3,(H,27,28,29,31)/t15-,17+,21+,22+,25-/m0/s1. The first-order chi connectivity index (χ1) is 17.6. The second-order valence-electron chi connectivity index (χ2n) is 9.34. The van der Waals surface area contributed by atoms with Gasteiger partial charge in [-0.3, -0.25) is 14.4 Å². The third kappa shape index (κ3) is 5.57. The maximum absolute atomic E-state index is 12.4. The number of carbonyl (C=O) groups excluding carboxylic acids is 3. The molecule has 0 spiro atoms. The van der Waals surface area contributed by atoms with E-state index in [1.54, 1.807) is 19.9 Å². The molecular formula is C25H33N5O7. The van der Waals surface area contributed by atoms with Gasteiger partial charge in [-0.25, -0.2) is 9.50 Å². The summed E-state index contributed by atoms with van der Waals surface area (Å²) >= 11 is 0. The van der Waals surface area contributed by atoms with Crippen molar-refractivity contribution in [3.63, 3.8) is 0 Å². The van der Waals surface area contributed by atoms with Crippen LogP contribution in [0.25, 0.3) is 5.52 Å². The van der Waals surface area contributed by atoms with Crippen LogP contribution in [0.5, 0.6) is 0 Å². The first-order valence-electron chi connectivity index (χ1n) is 12.4. The van der Waals surface area contributed by atoms with Crippen LogP contribution >= 0.6 is 0 Å². The molecule has 3 heterocycles. The Kier molecular flexibility index (Phi) is 8.83. The lowest BCUT2D eigenvalue weighted by Gasteiger charge is -2.24. The summed E-state index contributed by atoms with van der Waals surface area (Å²) in [5, 5.41) is 28.5. The lowest BCUT2D eigenvalue weighted by molar-refractivity contribution is -0.162. The lowest BCUT2D eigenvalue weighted by atomic mass is 9.92. The smallest absolute Gasteiger partial charge is 0.309 e. The first-order valence-corrected chi connectivity index (χ1v) is 12.4. The van der Waals surface area contributed by atoms with Gasteiger partial charge in [-0.2, -0.15) is 10.4 Å². The summed E-state index contributed by atoms with van der Waals surface area (Å²) in [6.07, 6.45) is -1.86. The Morgan fingerprint density at radius 3 is 2.65 bits per heavy atom. The maximum atomic E-state index is 12.4. The molecule has 1 aliphatic heterocycles. The number of aliphatic hydroxyl groups is 1. The molecule has 12 nitrogen and oxygen atoms in total. The summed E-state index contributed by atoms with van der Waals surface area (Å²) in [6.45, 7) is 8.62. The van der Waals surface area contributed by atoms with Crippen LogP contribution in [0.1, 0.15) is 59.6 Å². The number of carbonyl (C=O) groups is 3. The van der Waals surface area contributed by atoms with Crippen LogP contribution < -0.4 is 5.32 Å². The fraction of sp³-hybridized carbons (Fsp3) is 0.600. The average Bonchev–Trinajstić information content (AvgIpc) is 3.42. The number of hydrogen-bond acceptors (Lipinski definition) is 10. The van der Waals surface area contributed by atoms with Crippen molar-refractivity contribution in [2.24, 2.45) is 11.8 Å². The first kappa shape index (κ1) is 28.0. The number of amides is 1. The molecular weight excluding hydrogens is 482 g/mol. The molecule has 37 heavy (non-hydrogen) atoms. The Morgan fingerprint density at radius 1 is 1.30 bits per heavy atom. The minimum atomic E-state index is -2.02. The molecule has 2 aromatic heterocycles. The van der Waals surface area contributed by atoms with Crippen LogP contribution in [0.4, 0.5) is 5.82 Å². The lowest BCUT2D eigenvalue weighted by Crippen LogP contribution is -2.43. The quantitative estimate of drug-likeness (QED) is 0.448. The molecule has 5 atom stereocenters. The number of fused-ring (bicyclic) bond motifs is 1. The Morgan fingerprint density at radius 2 is 2.03 bits per heavy atom. The SMILES string of the molecule is CCCC(=O)Nc1ncnn2c([C@]3(C#N)O[C@H](COC(=O)[C@@H](C)C(C)C)[C@@H](OC(=O)CC)[C@H]3O)ccc12. The fourth-order valence-electron chi connectivity index (χ4n) is 3.98. The zero-order chi connectivity index (χ0) is 27.3. The molecule has 0 unspecified atom stereocenters. The number of ether oxygens (including phenoxy) is 3. The number of nitriles is 1. The second kappa shape index (κ2) is 11.7. The molecule has 2 N–H and O–H groups in total.